The molecule has 1 aromatic carbocycles. The van der Waals surface area contributed by atoms with E-state index in [9.17, 15) is 9.59 Å². The van der Waals surface area contributed by atoms with Crippen LogP contribution in [0.15, 0.2) is 54.9 Å². The number of aromatic nitrogens is 1. The van der Waals surface area contributed by atoms with Crippen LogP contribution in [-0.4, -0.2) is 22.8 Å². The molecule has 0 saturated heterocycles. The summed E-state index contributed by atoms with van der Waals surface area (Å²) in [6, 6.07) is 11.8. The van der Waals surface area contributed by atoms with Gasteiger partial charge in [-0.05, 0) is 24.1 Å². The topological polar surface area (TPSA) is 97.1 Å². The zero-order valence-electron chi connectivity index (χ0n) is 11.3. The summed E-state index contributed by atoms with van der Waals surface area (Å²) < 4.78 is 0. The van der Waals surface area contributed by atoms with E-state index in [1.165, 1.54) is 12.4 Å². The number of hydrogen-bond donors (Lipinski definition) is 3. The van der Waals surface area contributed by atoms with Gasteiger partial charge in [-0.1, -0.05) is 30.3 Å². The Hall–Kier alpha value is -2.73. The first-order valence-corrected chi connectivity index (χ1v) is 6.46. The molecule has 0 fully saturated rings. The molecule has 1 unspecified atom stereocenters. The highest BCUT2D eigenvalue weighted by atomic mass is 16.2. The van der Waals surface area contributed by atoms with Gasteiger partial charge in [0.05, 0.1) is 6.04 Å². The molecule has 4 N–H and O–H groups in total. The average molecular weight is 284 g/mol. The maximum absolute atomic E-state index is 11.8. The summed E-state index contributed by atoms with van der Waals surface area (Å²) in [5.74, 6) is -0.862. The van der Waals surface area contributed by atoms with E-state index in [2.05, 4.69) is 15.8 Å². The molecule has 108 valence electrons. The lowest BCUT2D eigenvalue weighted by Crippen LogP contribution is -2.50. The predicted octanol–water partition coefficient (Wildman–Crippen LogP) is 0.413. The van der Waals surface area contributed by atoms with Crippen molar-refractivity contribution in [2.45, 2.75) is 12.5 Å². The number of rotatable bonds is 4. The van der Waals surface area contributed by atoms with E-state index >= 15 is 0 Å². The highest BCUT2D eigenvalue weighted by molar-refractivity contribution is 5.95. The van der Waals surface area contributed by atoms with Crippen molar-refractivity contribution in [2.24, 2.45) is 5.73 Å². The van der Waals surface area contributed by atoms with E-state index < -0.39 is 17.9 Å². The molecule has 2 amide bonds. The third kappa shape index (κ3) is 4.39. The number of nitrogens with zero attached hydrogens (tertiary/aromatic N) is 1. The number of nitrogens with one attached hydrogen (secondary N) is 2. The summed E-state index contributed by atoms with van der Waals surface area (Å²) >= 11 is 0. The van der Waals surface area contributed by atoms with Gasteiger partial charge in [0.1, 0.15) is 0 Å². The molecule has 0 aliphatic rings. The molecular formula is C15H16N4O2. The Balaban J connectivity index is 1.83. The molecule has 21 heavy (non-hydrogen) atoms. The molecule has 0 saturated carbocycles. The van der Waals surface area contributed by atoms with Crippen LogP contribution in [0.5, 0.6) is 0 Å². The van der Waals surface area contributed by atoms with Crippen LogP contribution in [-0.2, 0) is 11.2 Å². The van der Waals surface area contributed by atoms with E-state index in [-0.39, 0.29) is 0 Å². The third-order valence-electron chi connectivity index (χ3n) is 2.88. The van der Waals surface area contributed by atoms with Crippen LogP contribution in [0, 0.1) is 0 Å². The Labute approximate surface area is 122 Å². The van der Waals surface area contributed by atoms with Crippen LogP contribution in [0.3, 0.4) is 0 Å². The van der Waals surface area contributed by atoms with Crippen molar-refractivity contribution < 1.29 is 9.59 Å². The summed E-state index contributed by atoms with van der Waals surface area (Å²) in [6.45, 7) is 0. The van der Waals surface area contributed by atoms with Gasteiger partial charge in [-0.15, -0.1) is 0 Å². The molecule has 0 aliphatic carbocycles. The zero-order chi connectivity index (χ0) is 15.1. The van der Waals surface area contributed by atoms with Gasteiger partial charge in [0.25, 0.3) is 11.8 Å². The molecule has 1 atom stereocenters. The smallest absolute Gasteiger partial charge is 0.269 e. The van der Waals surface area contributed by atoms with Crippen molar-refractivity contribution in [3.8, 4) is 0 Å². The first-order valence-electron chi connectivity index (χ1n) is 6.46. The van der Waals surface area contributed by atoms with Gasteiger partial charge in [0.15, 0.2) is 0 Å². The summed E-state index contributed by atoms with van der Waals surface area (Å²) in [7, 11) is 0. The fourth-order valence-electron chi connectivity index (χ4n) is 1.75. The number of benzene rings is 1. The fraction of sp³-hybridized carbons (Fsp3) is 0.133. The van der Waals surface area contributed by atoms with Gasteiger partial charge >= 0.3 is 0 Å². The zero-order valence-corrected chi connectivity index (χ0v) is 11.3. The van der Waals surface area contributed by atoms with Gasteiger partial charge in [0.2, 0.25) is 0 Å². The fourth-order valence-corrected chi connectivity index (χ4v) is 1.75. The molecule has 0 spiro atoms. The highest BCUT2D eigenvalue weighted by Gasteiger charge is 2.15. The van der Waals surface area contributed by atoms with Gasteiger partial charge in [0, 0.05) is 18.0 Å². The minimum atomic E-state index is -0.731. The number of nitrogens with two attached hydrogens (primary N) is 1. The van der Waals surface area contributed by atoms with E-state index in [1.807, 2.05) is 30.3 Å². The van der Waals surface area contributed by atoms with E-state index in [0.29, 0.717) is 12.0 Å². The largest absolute Gasteiger partial charge is 0.320 e. The van der Waals surface area contributed by atoms with E-state index in [0.717, 1.165) is 5.56 Å². The maximum atomic E-state index is 11.8. The average Bonchev–Trinajstić information content (AvgIpc) is 2.54. The molecule has 0 aliphatic heterocycles. The minimum absolute atomic E-state index is 0.401. The minimum Gasteiger partial charge on any atom is -0.320 e. The molecule has 1 aromatic heterocycles. The molecule has 1 heterocycles. The number of carbonyl (C=O) groups is 2. The molecule has 2 rings (SSSR count). The number of hydrazine groups is 1. The summed E-state index contributed by atoms with van der Waals surface area (Å²) in [5.41, 5.74) is 11.8. The van der Waals surface area contributed by atoms with Crippen LogP contribution in [0.1, 0.15) is 15.9 Å². The third-order valence-corrected chi connectivity index (χ3v) is 2.88. The molecule has 6 heteroatoms. The molecule has 2 aromatic rings. The highest BCUT2D eigenvalue weighted by Crippen LogP contribution is 2.01. The second-order valence-corrected chi connectivity index (χ2v) is 4.48. The van der Waals surface area contributed by atoms with Crippen LogP contribution >= 0.6 is 0 Å². The van der Waals surface area contributed by atoms with Crippen molar-refractivity contribution in [3.63, 3.8) is 0 Å². The van der Waals surface area contributed by atoms with Gasteiger partial charge in [-0.25, -0.2) is 0 Å². The lowest BCUT2D eigenvalue weighted by Gasteiger charge is -2.13. The predicted molar refractivity (Wildman–Crippen MR) is 78.0 cm³/mol. The lowest BCUT2D eigenvalue weighted by atomic mass is 10.1. The Morgan fingerprint density at radius 2 is 1.71 bits per heavy atom. The summed E-state index contributed by atoms with van der Waals surface area (Å²) in [5, 5.41) is 0. The summed E-state index contributed by atoms with van der Waals surface area (Å²) in [6.07, 6.45) is 3.40. The molecule has 0 radical (unpaired) electrons. The second-order valence-electron chi connectivity index (χ2n) is 4.48. The van der Waals surface area contributed by atoms with Crippen LogP contribution in [0.2, 0.25) is 0 Å². The Kier molecular flexibility index (Phi) is 5.00. The van der Waals surface area contributed by atoms with Gasteiger partial charge in [-0.3, -0.25) is 25.4 Å². The van der Waals surface area contributed by atoms with Crippen LogP contribution in [0.25, 0.3) is 0 Å². The Bertz CT molecular complexity index is 602. The Morgan fingerprint density at radius 1 is 1.05 bits per heavy atom. The van der Waals surface area contributed by atoms with Crippen molar-refractivity contribution in [1.29, 1.82) is 0 Å². The van der Waals surface area contributed by atoms with E-state index in [4.69, 9.17) is 5.73 Å². The monoisotopic (exact) mass is 284 g/mol. The Morgan fingerprint density at radius 3 is 2.38 bits per heavy atom. The lowest BCUT2D eigenvalue weighted by molar-refractivity contribution is -0.123. The maximum Gasteiger partial charge on any atom is 0.269 e. The number of hydrogen-bond acceptors (Lipinski definition) is 4. The first-order chi connectivity index (χ1) is 10.2. The van der Waals surface area contributed by atoms with Crippen molar-refractivity contribution in [3.05, 3.63) is 66.0 Å². The first kappa shape index (κ1) is 14.7. The number of carbonyl (C=O) groups excluding carboxylic acids is 2. The van der Waals surface area contributed by atoms with Crippen molar-refractivity contribution in [1.82, 2.24) is 15.8 Å². The standard InChI is InChI=1S/C15H16N4O2/c16-13(10-11-4-2-1-3-5-11)15(21)19-18-14(20)12-6-8-17-9-7-12/h1-9,13H,10,16H2,(H,18,20)(H,19,21). The van der Waals surface area contributed by atoms with E-state index in [1.54, 1.807) is 12.1 Å². The molecule has 0 bridgehead atoms. The number of pyridine rings is 1. The van der Waals surface area contributed by atoms with Crippen molar-refractivity contribution >= 4 is 11.8 Å². The number of amides is 2. The van der Waals surface area contributed by atoms with Crippen LogP contribution < -0.4 is 16.6 Å². The SMILES string of the molecule is NC(Cc1ccccc1)C(=O)NNC(=O)c1ccncc1. The quantitative estimate of drug-likeness (QED) is 0.708. The summed E-state index contributed by atoms with van der Waals surface area (Å²) in [4.78, 5) is 27.4. The van der Waals surface area contributed by atoms with Crippen LogP contribution in [0.4, 0.5) is 0 Å². The van der Waals surface area contributed by atoms with Gasteiger partial charge < -0.3 is 5.73 Å². The second kappa shape index (κ2) is 7.16. The normalized spacial score (nSPS) is 11.5. The van der Waals surface area contributed by atoms with Gasteiger partial charge in [-0.2, -0.15) is 0 Å². The molecular weight excluding hydrogens is 268 g/mol. The molecule has 6 nitrogen and oxygen atoms in total. The van der Waals surface area contributed by atoms with Crippen molar-refractivity contribution in [2.75, 3.05) is 0 Å².